The number of nitrogens with zero attached hydrogens (tertiary/aromatic N) is 2. The van der Waals surface area contributed by atoms with Crippen LogP contribution in [0.15, 0.2) is 54.6 Å². The number of hydrogen-bond acceptors (Lipinski definition) is 3. The molecule has 0 aliphatic heterocycles. The predicted octanol–water partition coefficient (Wildman–Crippen LogP) is 4.84. The van der Waals surface area contributed by atoms with Gasteiger partial charge < -0.3 is 10.6 Å². The summed E-state index contributed by atoms with van der Waals surface area (Å²) in [6, 6.07) is 18.0. The van der Waals surface area contributed by atoms with Crippen LogP contribution in [-0.4, -0.2) is 22.2 Å². The van der Waals surface area contributed by atoms with E-state index in [4.69, 9.17) is 0 Å². The fourth-order valence-corrected chi connectivity index (χ4v) is 3.29. The Labute approximate surface area is 166 Å². The van der Waals surface area contributed by atoms with Crippen LogP contribution in [0.2, 0.25) is 0 Å². The molecule has 5 nitrogen and oxygen atoms in total. The summed E-state index contributed by atoms with van der Waals surface area (Å²) in [4.78, 5) is 12.6. The molecule has 146 valence electrons. The van der Waals surface area contributed by atoms with Crippen molar-refractivity contribution >= 4 is 17.3 Å². The topological polar surface area (TPSA) is 59.0 Å². The second kappa shape index (κ2) is 7.89. The summed E-state index contributed by atoms with van der Waals surface area (Å²) in [5.41, 5.74) is 5.62. The van der Waals surface area contributed by atoms with Gasteiger partial charge in [-0.25, -0.2) is 4.68 Å². The van der Waals surface area contributed by atoms with Gasteiger partial charge in [-0.1, -0.05) is 57.2 Å². The molecule has 0 fully saturated rings. The van der Waals surface area contributed by atoms with Crippen molar-refractivity contribution in [2.45, 2.75) is 40.0 Å². The second-order valence-corrected chi connectivity index (χ2v) is 7.99. The molecule has 2 aromatic carbocycles. The van der Waals surface area contributed by atoms with Crippen LogP contribution in [0.3, 0.4) is 0 Å². The molecule has 1 heterocycles. The Morgan fingerprint density at radius 1 is 1.00 bits per heavy atom. The number of aromatic nitrogens is 2. The average molecular weight is 377 g/mol. The van der Waals surface area contributed by atoms with E-state index in [0.717, 1.165) is 28.5 Å². The van der Waals surface area contributed by atoms with E-state index in [1.54, 1.807) is 0 Å². The molecule has 0 aliphatic rings. The Kier molecular flexibility index (Phi) is 5.54. The van der Waals surface area contributed by atoms with Crippen LogP contribution < -0.4 is 10.6 Å². The van der Waals surface area contributed by atoms with E-state index in [-0.39, 0.29) is 17.9 Å². The zero-order chi connectivity index (χ0) is 20.3. The lowest BCUT2D eigenvalue weighted by Gasteiger charge is -2.23. The maximum Gasteiger partial charge on any atom is 0.243 e. The summed E-state index contributed by atoms with van der Waals surface area (Å²) in [7, 11) is 0. The molecular formula is C23H28N4O. The van der Waals surface area contributed by atoms with Crippen LogP contribution in [0.1, 0.15) is 37.7 Å². The molecule has 28 heavy (non-hydrogen) atoms. The van der Waals surface area contributed by atoms with Crippen molar-refractivity contribution in [2.75, 3.05) is 17.2 Å². The van der Waals surface area contributed by atoms with Crippen LogP contribution in [0.5, 0.6) is 0 Å². The first-order chi connectivity index (χ1) is 13.3. The van der Waals surface area contributed by atoms with Gasteiger partial charge in [0, 0.05) is 5.69 Å². The number of rotatable bonds is 5. The van der Waals surface area contributed by atoms with E-state index in [2.05, 4.69) is 42.6 Å². The number of benzene rings is 2. The lowest BCUT2D eigenvalue weighted by molar-refractivity contribution is -0.114. The molecule has 0 saturated carbocycles. The van der Waals surface area contributed by atoms with Crippen molar-refractivity contribution in [1.29, 1.82) is 0 Å². The third-order valence-corrected chi connectivity index (χ3v) is 4.73. The predicted molar refractivity (Wildman–Crippen MR) is 115 cm³/mol. The van der Waals surface area contributed by atoms with Gasteiger partial charge in [-0.3, -0.25) is 4.79 Å². The number of aryl methyl sites for hydroxylation is 1. The SMILES string of the molecule is Cc1nn(-c2ccccc2)c(C)c1NC(=O)CNc1ccccc1C(C)(C)C. The van der Waals surface area contributed by atoms with E-state index in [1.165, 1.54) is 5.56 Å². The standard InChI is InChI=1S/C23H28N4O/c1-16-22(17(2)27(26-16)18-11-7-6-8-12-18)25-21(28)15-24-20-14-10-9-13-19(20)23(3,4)5/h6-14,24H,15H2,1-5H3,(H,25,28). The van der Waals surface area contributed by atoms with Gasteiger partial charge in [-0.15, -0.1) is 0 Å². The Morgan fingerprint density at radius 2 is 1.64 bits per heavy atom. The van der Waals surface area contributed by atoms with E-state index in [9.17, 15) is 4.79 Å². The lowest BCUT2D eigenvalue weighted by Crippen LogP contribution is -2.24. The molecule has 2 N–H and O–H groups in total. The van der Waals surface area contributed by atoms with Crippen LogP contribution in [-0.2, 0) is 10.2 Å². The average Bonchev–Trinajstić information content (AvgIpc) is 2.95. The number of nitrogens with one attached hydrogen (secondary N) is 2. The van der Waals surface area contributed by atoms with Gasteiger partial charge in [0.15, 0.2) is 0 Å². The van der Waals surface area contributed by atoms with Crippen molar-refractivity contribution in [2.24, 2.45) is 0 Å². The maximum atomic E-state index is 12.6. The van der Waals surface area contributed by atoms with E-state index in [1.807, 2.05) is 67.1 Å². The van der Waals surface area contributed by atoms with Gasteiger partial charge in [0.25, 0.3) is 0 Å². The normalized spacial score (nSPS) is 11.3. The Balaban J connectivity index is 1.73. The number of carbonyl (C=O) groups excluding carboxylic acids is 1. The van der Waals surface area contributed by atoms with E-state index < -0.39 is 0 Å². The zero-order valence-electron chi connectivity index (χ0n) is 17.2. The van der Waals surface area contributed by atoms with Crippen molar-refractivity contribution in [3.8, 4) is 5.69 Å². The molecule has 0 bridgehead atoms. The highest BCUT2D eigenvalue weighted by Gasteiger charge is 2.18. The number of para-hydroxylation sites is 2. The van der Waals surface area contributed by atoms with Crippen molar-refractivity contribution in [3.05, 3.63) is 71.5 Å². The summed E-state index contributed by atoms with van der Waals surface area (Å²) in [5.74, 6) is -0.0949. The molecule has 0 atom stereocenters. The van der Waals surface area contributed by atoms with Gasteiger partial charge in [-0.05, 0) is 43.0 Å². The first-order valence-corrected chi connectivity index (χ1v) is 9.52. The molecule has 3 rings (SSSR count). The third-order valence-electron chi connectivity index (χ3n) is 4.73. The largest absolute Gasteiger partial charge is 0.376 e. The Morgan fingerprint density at radius 3 is 2.32 bits per heavy atom. The molecular weight excluding hydrogens is 348 g/mol. The van der Waals surface area contributed by atoms with Crippen LogP contribution in [0.4, 0.5) is 11.4 Å². The molecule has 0 aliphatic carbocycles. The monoisotopic (exact) mass is 376 g/mol. The summed E-state index contributed by atoms with van der Waals surface area (Å²) >= 11 is 0. The summed E-state index contributed by atoms with van der Waals surface area (Å²) in [6.07, 6.45) is 0. The minimum Gasteiger partial charge on any atom is -0.376 e. The molecule has 1 aromatic heterocycles. The molecule has 0 spiro atoms. The molecule has 0 unspecified atom stereocenters. The van der Waals surface area contributed by atoms with E-state index >= 15 is 0 Å². The first kappa shape index (κ1) is 19.7. The summed E-state index contributed by atoms with van der Waals surface area (Å²) < 4.78 is 1.85. The van der Waals surface area contributed by atoms with Crippen molar-refractivity contribution < 1.29 is 4.79 Å². The number of anilines is 2. The Hall–Kier alpha value is -3.08. The molecule has 0 saturated heterocycles. The van der Waals surface area contributed by atoms with E-state index in [0.29, 0.717) is 0 Å². The first-order valence-electron chi connectivity index (χ1n) is 9.52. The fraction of sp³-hybridized carbons (Fsp3) is 0.304. The summed E-state index contributed by atoms with van der Waals surface area (Å²) in [5, 5.41) is 10.9. The lowest BCUT2D eigenvalue weighted by atomic mass is 9.86. The molecule has 0 radical (unpaired) electrons. The van der Waals surface area contributed by atoms with Gasteiger partial charge in [0.1, 0.15) is 0 Å². The minimum absolute atomic E-state index is 0.00404. The summed E-state index contributed by atoms with van der Waals surface area (Å²) in [6.45, 7) is 10.6. The second-order valence-electron chi connectivity index (χ2n) is 7.99. The number of hydrogen-bond donors (Lipinski definition) is 2. The molecule has 3 aromatic rings. The fourth-order valence-electron chi connectivity index (χ4n) is 3.29. The molecule has 5 heteroatoms. The smallest absolute Gasteiger partial charge is 0.243 e. The van der Waals surface area contributed by atoms with Gasteiger partial charge in [0.2, 0.25) is 5.91 Å². The van der Waals surface area contributed by atoms with Crippen LogP contribution in [0, 0.1) is 13.8 Å². The quantitative estimate of drug-likeness (QED) is 0.670. The Bertz CT molecular complexity index is 968. The number of amides is 1. The molecule has 1 amide bonds. The maximum absolute atomic E-state index is 12.6. The highest BCUT2D eigenvalue weighted by atomic mass is 16.1. The van der Waals surface area contributed by atoms with Gasteiger partial charge >= 0.3 is 0 Å². The highest BCUT2D eigenvalue weighted by Crippen LogP contribution is 2.29. The van der Waals surface area contributed by atoms with Crippen molar-refractivity contribution in [1.82, 2.24) is 9.78 Å². The van der Waals surface area contributed by atoms with Gasteiger partial charge in [-0.2, -0.15) is 5.10 Å². The third kappa shape index (κ3) is 4.25. The van der Waals surface area contributed by atoms with Crippen molar-refractivity contribution in [3.63, 3.8) is 0 Å². The minimum atomic E-state index is -0.0949. The number of carbonyl (C=O) groups is 1. The van der Waals surface area contributed by atoms with Crippen LogP contribution >= 0.6 is 0 Å². The zero-order valence-corrected chi connectivity index (χ0v) is 17.2. The van der Waals surface area contributed by atoms with Crippen LogP contribution in [0.25, 0.3) is 5.69 Å². The van der Waals surface area contributed by atoms with Gasteiger partial charge in [0.05, 0.1) is 29.3 Å². The highest BCUT2D eigenvalue weighted by molar-refractivity contribution is 5.95.